The van der Waals surface area contributed by atoms with Crippen molar-refractivity contribution in [1.82, 2.24) is 9.62 Å². The van der Waals surface area contributed by atoms with Gasteiger partial charge in [0.05, 0.1) is 11.4 Å². The summed E-state index contributed by atoms with van der Waals surface area (Å²) in [4.78, 5) is 0. The lowest BCUT2D eigenvalue weighted by molar-refractivity contribution is 0.0945. The fourth-order valence-electron chi connectivity index (χ4n) is 2.41. The van der Waals surface area contributed by atoms with Crippen molar-refractivity contribution in [3.05, 3.63) is 0 Å². The Morgan fingerprint density at radius 2 is 2.11 bits per heavy atom. The van der Waals surface area contributed by atoms with E-state index < -0.39 is 10.0 Å². The Hall–Kier alpha value is -0.170. The van der Waals surface area contributed by atoms with E-state index in [4.69, 9.17) is 4.74 Å². The minimum atomic E-state index is -3.22. The standard InChI is InChI=1S/C13H26N2O3S/c1-3-15(10-13-5-4-8-18-13)19(16,17)11(2)9-14-12-6-7-12/h11-14H,3-10H2,1-2H3. The highest BCUT2D eigenvalue weighted by Gasteiger charge is 2.32. The van der Waals surface area contributed by atoms with Gasteiger partial charge in [-0.15, -0.1) is 0 Å². The van der Waals surface area contributed by atoms with E-state index in [1.165, 1.54) is 12.8 Å². The molecular formula is C13H26N2O3S. The van der Waals surface area contributed by atoms with Gasteiger partial charge in [0.2, 0.25) is 10.0 Å². The molecule has 2 atom stereocenters. The Balaban J connectivity index is 1.89. The third kappa shape index (κ3) is 4.15. The third-order valence-electron chi connectivity index (χ3n) is 3.92. The van der Waals surface area contributed by atoms with E-state index in [1.807, 2.05) is 6.92 Å². The van der Waals surface area contributed by atoms with E-state index in [9.17, 15) is 8.42 Å². The van der Waals surface area contributed by atoms with Crippen molar-refractivity contribution in [1.29, 1.82) is 0 Å². The third-order valence-corrected chi connectivity index (χ3v) is 6.23. The molecule has 19 heavy (non-hydrogen) atoms. The summed E-state index contributed by atoms with van der Waals surface area (Å²) in [5.41, 5.74) is 0. The first-order valence-corrected chi connectivity index (χ1v) is 8.88. The Morgan fingerprint density at radius 1 is 1.37 bits per heavy atom. The predicted molar refractivity (Wildman–Crippen MR) is 75.6 cm³/mol. The van der Waals surface area contributed by atoms with E-state index in [0.29, 0.717) is 25.7 Å². The number of rotatable bonds is 8. The van der Waals surface area contributed by atoms with Crippen LogP contribution >= 0.6 is 0 Å². The quantitative estimate of drug-likeness (QED) is 0.723. The number of ether oxygens (including phenoxy) is 1. The maximum Gasteiger partial charge on any atom is 0.218 e. The van der Waals surface area contributed by atoms with E-state index in [2.05, 4.69) is 5.32 Å². The first-order chi connectivity index (χ1) is 9.04. The van der Waals surface area contributed by atoms with Crippen LogP contribution in [0.2, 0.25) is 0 Å². The molecule has 6 heteroatoms. The molecule has 1 saturated carbocycles. The molecule has 0 aromatic carbocycles. The molecule has 1 aliphatic heterocycles. The average molecular weight is 290 g/mol. The zero-order valence-electron chi connectivity index (χ0n) is 12.0. The van der Waals surface area contributed by atoms with Gasteiger partial charge in [0.25, 0.3) is 0 Å². The second-order valence-corrected chi connectivity index (χ2v) is 7.97. The maximum atomic E-state index is 12.5. The van der Waals surface area contributed by atoms with Crippen LogP contribution in [0.5, 0.6) is 0 Å². The minimum absolute atomic E-state index is 0.0818. The van der Waals surface area contributed by atoms with E-state index in [0.717, 1.165) is 19.4 Å². The number of nitrogens with zero attached hydrogens (tertiary/aromatic N) is 1. The molecule has 2 aliphatic rings. The number of hydrogen-bond acceptors (Lipinski definition) is 4. The molecule has 1 N–H and O–H groups in total. The lowest BCUT2D eigenvalue weighted by Crippen LogP contribution is -2.45. The van der Waals surface area contributed by atoms with Crippen LogP contribution in [-0.2, 0) is 14.8 Å². The summed E-state index contributed by atoms with van der Waals surface area (Å²) < 4.78 is 32.2. The van der Waals surface area contributed by atoms with E-state index >= 15 is 0 Å². The van der Waals surface area contributed by atoms with Gasteiger partial charge in [0.15, 0.2) is 0 Å². The molecular weight excluding hydrogens is 264 g/mol. The highest BCUT2D eigenvalue weighted by molar-refractivity contribution is 7.89. The molecule has 2 unspecified atom stereocenters. The van der Waals surface area contributed by atoms with Crippen molar-refractivity contribution >= 4 is 10.0 Å². The van der Waals surface area contributed by atoms with E-state index in [-0.39, 0.29) is 11.4 Å². The lowest BCUT2D eigenvalue weighted by Gasteiger charge is -2.26. The molecule has 2 rings (SSSR count). The molecule has 0 aromatic heterocycles. The second kappa shape index (κ2) is 6.52. The molecule has 0 spiro atoms. The van der Waals surface area contributed by atoms with Gasteiger partial charge in [-0.05, 0) is 32.6 Å². The van der Waals surface area contributed by atoms with Crippen LogP contribution in [0.3, 0.4) is 0 Å². The van der Waals surface area contributed by atoms with Gasteiger partial charge in [-0.2, -0.15) is 4.31 Å². The van der Waals surface area contributed by atoms with Gasteiger partial charge in [0.1, 0.15) is 0 Å². The number of sulfonamides is 1. The number of hydrogen-bond donors (Lipinski definition) is 1. The van der Waals surface area contributed by atoms with Crippen LogP contribution < -0.4 is 5.32 Å². The fourth-order valence-corrected chi connectivity index (χ4v) is 3.96. The van der Waals surface area contributed by atoms with Crippen molar-refractivity contribution in [3.8, 4) is 0 Å². The largest absolute Gasteiger partial charge is 0.377 e. The fraction of sp³-hybridized carbons (Fsp3) is 1.00. The maximum absolute atomic E-state index is 12.5. The zero-order chi connectivity index (χ0) is 13.9. The molecule has 1 aliphatic carbocycles. The molecule has 1 saturated heterocycles. The van der Waals surface area contributed by atoms with Crippen molar-refractivity contribution in [3.63, 3.8) is 0 Å². The van der Waals surface area contributed by atoms with Crippen LogP contribution in [0.4, 0.5) is 0 Å². The highest BCUT2D eigenvalue weighted by atomic mass is 32.2. The van der Waals surface area contributed by atoms with Crippen LogP contribution in [0.15, 0.2) is 0 Å². The summed E-state index contributed by atoms with van der Waals surface area (Å²) in [5, 5.41) is 2.93. The van der Waals surface area contributed by atoms with Gasteiger partial charge in [-0.3, -0.25) is 0 Å². The summed E-state index contributed by atoms with van der Waals surface area (Å²) in [6, 6.07) is 0.547. The van der Waals surface area contributed by atoms with Crippen molar-refractivity contribution in [2.45, 2.75) is 56.9 Å². The normalized spacial score (nSPS) is 25.9. The summed E-state index contributed by atoms with van der Waals surface area (Å²) in [5.74, 6) is 0. The lowest BCUT2D eigenvalue weighted by atomic mass is 10.2. The number of likely N-dealkylation sites (N-methyl/N-ethyl adjacent to an activating group) is 1. The molecule has 0 amide bonds. The Labute approximate surface area is 116 Å². The topological polar surface area (TPSA) is 58.6 Å². The second-order valence-electron chi connectivity index (χ2n) is 5.62. The highest BCUT2D eigenvalue weighted by Crippen LogP contribution is 2.20. The first kappa shape index (κ1) is 15.2. The molecule has 2 fully saturated rings. The van der Waals surface area contributed by atoms with Crippen molar-refractivity contribution < 1.29 is 13.2 Å². The average Bonchev–Trinajstić information content (AvgIpc) is 3.07. The summed E-state index contributed by atoms with van der Waals surface area (Å²) in [6.45, 7) is 6.04. The van der Waals surface area contributed by atoms with Crippen LogP contribution in [0, 0.1) is 0 Å². The summed E-state index contributed by atoms with van der Waals surface area (Å²) in [7, 11) is -3.22. The molecule has 0 bridgehead atoms. The Bertz CT molecular complexity index is 375. The molecule has 5 nitrogen and oxygen atoms in total. The van der Waals surface area contributed by atoms with Crippen molar-refractivity contribution in [2.24, 2.45) is 0 Å². The zero-order valence-corrected chi connectivity index (χ0v) is 12.8. The Kier molecular flexibility index (Phi) is 5.22. The minimum Gasteiger partial charge on any atom is -0.377 e. The molecule has 0 radical (unpaired) electrons. The van der Waals surface area contributed by atoms with Gasteiger partial charge in [-0.1, -0.05) is 6.92 Å². The predicted octanol–water partition coefficient (Wildman–Crippen LogP) is 0.958. The van der Waals surface area contributed by atoms with Gasteiger partial charge in [0, 0.05) is 32.3 Å². The van der Waals surface area contributed by atoms with Gasteiger partial charge < -0.3 is 10.1 Å². The summed E-state index contributed by atoms with van der Waals surface area (Å²) >= 11 is 0. The number of nitrogens with one attached hydrogen (secondary N) is 1. The molecule has 112 valence electrons. The van der Waals surface area contributed by atoms with Gasteiger partial charge >= 0.3 is 0 Å². The Morgan fingerprint density at radius 3 is 2.63 bits per heavy atom. The van der Waals surface area contributed by atoms with E-state index in [1.54, 1.807) is 11.2 Å². The van der Waals surface area contributed by atoms with Crippen molar-refractivity contribution in [2.75, 3.05) is 26.2 Å². The smallest absolute Gasteiger partial charge is 0.218 e. The van der Waals surface area contributed by atoms with Crippen LogP contribution in [0.1, 0.15) is 39.5 Å². The first-order valence-electron chi connectivity index (χ1n) is 7.38. The monoisotopic (exact) mass is 290 g/mol. The molecule has 0 aromatic rings. The van der Waals surface area contributed by atoms with Gasteiger partial charge in [-0.25, -0.2) is 8.42 Å². The SMILES string of the molecule is CCN(CC1CCCO1)S(=O)(=O)C(C)CNC1CC1. The summed E-state index contributed by atoms with van der Waals surface area (Å²) in [6.07, 6.45) is 4.46. The molecule has 1 heterocycles. The van der Waals surface area contributed by atoms with Crippen LogP contribution in [0.25, 0.3) is 0 Å². The van der Waals surface area contributed by atoms with Crippen LogP contribution in [-0.4, -0.2) is 56.4 Å².